The van der Waals surface area contributed by atoms with Crippen molar-refractivity contribution in [1.29, 1.82) is 0 Å². The van der Waals surface area contributed by atoms with Gasteiger partial charge >= 0.3 is 5.97 Å². The molecule has 2 unspecified atom stereocenters. The zero-order chi connectivity index (χ0) is 22.9. The van der Waals surface area contributed by atoms with Crippen molar-refractivity contribution in [3.05, 3.63) is 12.7 Å². The van der Waals surface area contributed by atoms with Crippen LogP contribution in [-0.4, -0.2) is 82.8 Å². The lowest BCUT2D eigenvalue weighted by atomic mass is 9.70. The molecule has 4 aliphatic rings. The highest BCUT2D eigenvalue weighted by atomic mass is 16.6. The van der Waals surface area contributed by atoms with Gasteiger partial charge in [-0.1, -0.05) is 25.3 Å². The van der Waals surface area contributed by atoms with Crippen LogP contribution in [0.5, 0.6) is 0 Å². The van der Waals surface area contributed by atoms with Gasteiger partial charge < -0.3 is 24.4 Å². The Bertz CT molecular complexity index is 751. The first-order chi connectivity index (χ1) is 15.5. The van der Waals surface area contributed by atoms with Gasteiger partial charge in [0.1, 0.15) is 11.6 Å². The molecule has 1 N–H and O–H groups in total. The maximum atomic E-state index is 14.1. The molecule has 3 saturated heterocycles. The highest BCUT2D eigenvalue weighted by Gasteiger charge is 2.75. The van der Waals surface area contributed by atoms with E-state index in [4.69, 9.17) is 9.47 Å². The van der Waals surface area contributed by atoms with Gasteiger partial charge in [0.05, 0.1) is 24.5 Å². The molecule has 1 spiro atoms. The predicted octanol–water partition coefficient (Wildman–Crippen LogP) is 1.65. The summed E-state index contributed by atoms with van der Waals surface area (Å²) in [6.45, 7) is 6.45. The first-order valence-electron chi connectivity index (χ1n) is 12.2. The zero-order valence-corrected chi connectivity index (χ0v) is 19.0. The standard InChI is InChI=1S/C24H36N2O6/c1-3-13-25(16-9-6-5-7-10-16)22(29)20-24-12-11-17(32-24)18(23(30)31-4-2)19(24)21(28)26(20)14-8-15-27/h3,16-20,27H,1,4-15H2,2H3/t17-,18+,19-,20?,24?/m0/s1. The fourth-order valence-electron chi connectivity index (χ4n) is 6.53. The van der Waals surface area contributed by atoms with E-state index in [-0.39, 0.29) is 43.7 Å². The Morgan fingerprint density at radius 1 is 1.31 bits per heavy atom. The third-order valence-corrected chi connectivity index (χ3v) is 7.77. The van der Waals surface area contributed by atoms with E-state index in [2.05, 4.69) is 6.58 Å². The number of esters is 1. The zero-order valence-electron chi connectivity index (χ0n) is 19.0. The first kappa shape index (κ1) is 23.2. The summed E-state index contributed by atoms with van der Waals surface area (Å²) < 4.78 is 11.7. The van der Waals surface area contributed by atoms with Crippen molar-refractivity contribution < 1.29 is 29.0 Å². The Morgan fingerprint density at radius 2 is 2.06 bits per heavy atom. The van der Waals surface area contributed by atoms with Gasteiger partial charge in [0.25, 0.3) is 0 Å². The molecular formula is C24H36N2O6. The molecule has 4 rings (SSSR count). The lowest BCUT2D eigenvalue weighted by Crippen LogP contribution is -2.58. The van der Waals surface area contributed by atoms with Gasteiger partial charge in [0, 0.05) is 25.7 Å². The lowest BCUT2D eigenvalue weighted by molar-refractivity contribution is -0.155. The number of carbonyl (C=O) groups is 3. The number of carbonyl (C=O) groups excluding carboxylic acids is 3. The number of amides is 2. The largest absolute Gasteiger partial charge is 0.466 e. The molecule has 5 atom stereocenters. The maximum absolute atomic E-state index is 14.1. The summed E-state index contributed by atoms with van der Waals surface area (Å²) in [6.07, 6.45) is 8.17. The minimum absolute atomic E-state index is 0.0772. The molecular weight excluding hydrogens is 412 g/mol. The van der Waals surface area contributed by atoms with Crippen LogP contribution in [0.15, 0.2) is 12.7 Å². The van der Waals surface area contributed by atoms with E-state index in [1.54, 1.807) is 17.9 Å². The van der Waals surface area contributed by atoms with Crippen LogP contribution in [0.3, 0.4) is 0 Å². The number of nitrogens with zero attached hydrogens (tertiary/aromatic N) is 2. The van der Waals surface area contributed by atoms with Gasteiger partial charge in [-0.3, -0.25) is 14.4 Å². The van der Waals surface area contributed by atoms with Crippen molar-refractivity contribution in [2.45, 2.75) is 82.1 Å². The van der Waals surface area contributed by atoms with Gasteiger partial charge in [0.2, 0.25) is 11.8 Å². The molecule has 1 saturated carbocycles. The molecule has 2 amide bonds. The van der Waals surface area contributed by atoms with Gasteiger partial charge in [-0.25, -0.2) is 0 Å². The average molecular weight is 449 g/mol. The summed E-state index contributed by atoms with van der Waals surface area (Å²) in [5.41, 5.74) is -1.00. The summed E-state index contributed by atoms with van der Waals surface area (Å²) in [5.74, 6) is -2.13. The van der Waals surface area contributed by atoms with Gasteiger partial charge in [-0.05, 0) is 39.0 Å². The number of aliphatic hydroxyl groups excluding tert-OH is 1. The van der Waals surface area contributed by atoms with E-state index in [1.165, 1.54) is 6.42 Å². The summed E-state index contributed by atoms with van der Waals surface area (Å²) in [5, 5.41) is 9.43. The van der Waals surface area contributed by atoms with E-state index in [9.17, 15) is 19.5 Å². The highest BCUT2D eigenvalue weighted by molar-refractivity contribution is 5.98. The van der Waals surface area contributed by atoms with Gasteiger partial charge in [-0.2, -0.15) is 0 Å². The smallest absolute Gasteiger partial charge is 0.312 e. The van der Waals surface area contributed by atoms with Crippen LogP contribution >= 0.6 is 0 Å². The van der Waals surface area contributed by atoms with Gasteiger partial charge in [0.15, 0.2) is 0 Å². The van der Waals surface area contributed by atoms with E-state index in [1.807, 2.05) is 4.90 Å². The third-order valence-electron chi connectivity index (χ3n) is 7.77. The summed E-state index contributed by atoms with van der Waals surface area (Å²) in [4.78, 5) is 44.0. The number of ether oxygens (including phenoxy) is 2. The minimum atomic E-state index is -1.00. The Hall–Kier alpha value is -1.93. The number of hydrogen-bond donors (Lipinski definition) is 1. The fraction of sp³-hybridized carbons (Fsp3) is 0.792. The SMILES string of the molecule is C=CCN(C(=O)C1N(CCCO)C(=O)[C@@H]2[C@H](C(=O)OCC)[C@@H]3CCC12O3)C1CCCCC1. The molecule has 0 aromatic heterocycles. The number of likely N-dealkylation sites (tertiary alicyclic amines) is 1. The van der Waals surface area contributed by atoms with Crippen LogP contribution in [0.25, 0.3) is 0 Å². The molecule has 32 heavy (non-hydrogen) atoms. The van der Waals surface area contributed by atoms with Crippen LogP contribution < -0.4 is 0 Å². The van der Waals surface area contributed by atoms with E-state index in [0.717, 1.165) is 25.7 Å². The van der Waals surface area contributed by atoms with Crippen molar-refractivity contribution in [2.24, 2.45) is 11.8 Å². The van der Waals surface area contributed by atoms with E-state index >= 15 is 0 Å². The quantitative estimate of drug-likeness (QED) is 0.426. The monoisotopic (exact) mass is 448 g/mol. The van der Waals surface area contributed by atoms with E-state index < -0.39 is 29.4 Å². The second kappa shape index (κ2) is 9.51. The molecule has 3 heterocycles. The number of rotatable bonds is 9. The molecule has 8 nitrogen and oxygen atoms in total. The van der Waals surface area contributed by atoms with Crippen molar-refractivity contribution in [3.8, 4) is 0 Å². The second-order valence-electron chi connectivity index (χ2n) is 9.49. The molecule has 4 fully saturated rings. The summed E-state index contributed by atoms with van der Waals surface area (Å²) in [7, 11) is 0. The van der Waals surface area contributed by atoms with Crippen LogP contribution in [0.4, 0.5) is 0 Å². The Balaban J connectivity index is 1.69. The normalized spacial score (nSPS) is 33.9. The van der Waals surface area contributed by atoms with Gasteiger partial charge in [-0.15, -0.1) is 6.58 Å². The van der Waals surface area contributed by atoms with E-state index in [0.29, 0.717) is 25.8 Å². The molecule has 2 bridgehead atoms. The molecule has 3 aliphatic heterocycles. The first-order valence-corrected chi connectivity index (χ1v) is 12.2. The Labute approximate surface area is 189 Å². The number of hydrogen-bond acceptors (Lipinski definition) is 6. The molecule has 0 radical (unpaired) electrons. The topological polar surface area (TPSA) is 96.4 Å². The summed E-state index contributed by atoms with van der Waals surface area (Å²) in [6, 6.07) is -0.656. The summed E-state index contributed by atoms with van der Waals surface area (Å²) >= 11 is 0. The maximum Gasteiger partial charge on any atom is 0.312 e. The second-order valence-corrected chi connectivity index (χ2v) is 9.49. The molecule has 0 aromatic rings. The van der Waals surface area contributed by atoms with Crippen LogP contribution in [0, 0.1) is 11.8 Å². The molecule has 8 heteroatoms. The molecule has 0 aromatic carbocycles. The van der Waals surface area contributed by atoms with Crippen molar-refractivity contribution >= 4 is 17.8 Å². The van der Waals surface area contributed by atoms with Crippen molar-refractivity contribution in [1.82, 2.24) is 9.80 Å². The fourth-order valence-corrected chi connectivity index (χ4v) is 6.53. The minimum Gasteiger partial charge on any atom is -0.466 e. The van der Waals surface area contributed by atoms with Crippen molar-refractivity contribution in [3.63, 3.8) is 0 Å². The van der Waals surface area contributed by atoms with Crippen molar-refractivity contribution in [2.75, 3.05) is 26.3 Å². The number of fused-ring (bicyclic) bond motifs is 1. The lowest BCUT2D eigenvalue weighted by Gasteiger charge is -2.40. The Morgan fingerprint density at radius 3 is 2.72 bits per heavy atom. The molecule has 1 aliphatic carbocycles. The highest BCUT2D eigenvalue weighted by Crippen LogP contribution is 2.58. The predicted molar refractivity (Wildman–Crippen MR) is 116 cm³/mol. The molecule has 178 valence electrons. The van der Waals surface area contributed by atoms with Crippen LogP contribution in [0.1, 0.15) is 58.3 Å². The average Bonchev–Trinajstić information content (AvgIpc) is 3.44. The third kappa shape index (κ3) is 3.65. The number of aliphatic hydroxyl groups is 1. The van der Waals surface area contributed by atoms with Crippen LogP contribution in [0.2, 0.25) is 0 Å². The Kier molecular flexibility index (Phi) is 6.91. The van der Waals surface area contributed by atoms with Crippen LogP contribution in [-0.2, 0) is 23.9 Å².